The summed E-state index contributed by atoms with van der Waals surface area (Å²) in [5.41, 5.74) is 0.225. The minimum absolute atomic E-state index is 0.0854. The Kier molecular flexibility index (Phi) is 4.76. The molecule has 0 aliphatic rings. The van der Waals surface area contributed by atoms with Crippen LogP contribution in [-0.4, -0.2) is 17.8 Å². The highest BCUT2D eigenvalue weighted by Gasteiger charge is 2.20. The van der Waals surface area contributed by atoms with E-state index in [1.807, 2.05) is 0 Å². The molecule has 3 heteroatoms. The van der Waals surface area contributed by atoms with E-state index < -0.39 is 5.38 Å². The Morgan fingerprint density at radius 1 is 1.38 bits per heavy atom. The van der Waals surface area contributed by atoms with Crippen LogP contribution in [0.4, 0.5) is 0 Å². The van der Waals surface area contributed by atoms with Crippen LogP contribution in [0.5, 0.6) is 0 Å². The summed E-state index contributed by atoms with van der Waals surface area (Å²) in [4.78, 5) is 11.1. The average Bonchev–Trinajstić information content (AvgIpc) is 1.97. The van der Waals surface area contributed by atoms with Gasteiger partial charge in [-0.05, 0) is 18.3 Å². The van der Waals surface area contributed by atoms with Crippen LogP contribution < -0.4 is 5.32 Å². The van der Waals surface area contributed by atoms with Gasteiger partial charge in [-0.1, -0.05) is 27.7 Å². The quantitative estimate of drug-likeness (QED) is 0.705. The molecule has 0 bridgehead atoms. The molecule has 0 aromatic carbocycles. The van der Waals surface area contributed by atoms with Crippen molar-refractivity contribution in [2.24, 2.45) is 11.3 Å². The van der Waals surface area contributed by atoms with Crippen molar-refractivity contribution >= 4 is 17.5 Å². The van der Waals surface area contributed by atoms with Gasteiger partial charge in [-0.2, -0.15) is 0 Å². The van der Waals surface area contributed by atoms with Gasteiger partial charge in [-0.15, -0.1) is 11.6 Å². The fraction of sp³-hybridized carbons (Fsp3) is 0.900. The zero-order chi connectivity index (χ0) is 10.6. The van der Waals surface area contributed by atoms with Crippen molar-refractivity contribution in [1.82, 2.24) is 5.32 Å². The molecule has 0 spiro atoms. The van der Waals surface area contributed by atoms with Gasteiger partial charge < -0.3 is 5.32 Å². The van der Waals surface area contributed by atoms with Gasteiger partial charge in [0.25, 0.3) is 0 Å². The van der Waals surface area contributed by atoms with E-state index in [4.69, 9.17) is 11.6 Å². The van der Waals surface area contributed by atoms with Gasteiger partial charge in [0.1, 0.15) is 5.38 Å². The molecule has 0 aromatic heterocycles. The standard InChI is InChI=1S/C10H20ClNO/c1-7(10(3,4)5)6-12-9(13)8(2)11/h7-8H,6H2,1-5H3,(H,12,13). The fourth-order valence-corrected chi connectivity index (χ4v) is 0.778. The van der Waals surface area contributed by atoms with E-state index in [2.05, 4.69) is 33.0 Å². The Morgan fingerprint density at radius 2 is 1.85 bits per heavy atom. The van der Waals surface area contributed by atoms with Crippen LogP contribution >= 0.6 is 11.6 Å². The molecule has 1 amide bonds. The fourth-order valence-electron chi connectivity index (χ4n) is 0.701. The Hall–Kier alpha value is -0.240. The number of hydrogen-bond donors (Lipinski definition) is 1. The van der Waals surface area contributed by atoms with Gasteiger partial charge in [0.2, 0.25) is 5.91 Å². The highest BCUT2D eigenvalue weighted by molar-refractivity contribution is 6.30. The van der Waals surface area contributed by atoms with Crippen LogP contribution in [0.15, 0.2) is 0 Å². The molecule has 0 aliphatic carbocycles. The molecule has 0 radical (unpaired) electrons. The molecule has 0 rings (SSSR count). The second-order valence-corrected chi connectivity index (χ2v) is 5.28. The lowest BCUT2D eigenvalue weighted by Crippen LogP contribution is -2.36. The van der Waals surface area contributed by atoms with Crippen molar-refractivity contribution < 1.29 is 4.79 Å². The lowest BCUT2D eigenvalue weighted by atomic mass is 9.82. The molecular formula is C10H20ClNO. The first-order valence-corrected chi connectivity index (χ1v) is 5.10. The van der Waals surface area contributed by atoms with Crippen LogP contribution in [0.2, 0.25) is 0 Å². The molecule has 2 nitrogen and oxygen atoms in total. The molecule has 13 heavy (non-hydrogen) atoms. The summed E-state index contributed by atoms with van der Waals surface area (Å²) in [5.74, 6) is 0.365. The number of alkyl halides is 1. The van der Waals surface area contributed by atoms with E-state index in [0.717, 1.165) is 0 Å². The van der Waals surface area contributed by atoms with Crippen molar-refractivity contribution in [2.75, 3.05) is 6.54 Å². The van der Waals surface area contributed by atoms with Crippen molar-refractivity contribution in [2.45, 2.75) is 40.0 Å². The maximum Gasteiger partial charge on any atom is 0.237 e. The zero-order valence-corrected chi connectivity index (χ0v) is 9.90. The third kappa shape index (κ3) is 5.14. The summed E-state index contributed by atoms with van der Waals surface area (Å²) in [5, 5.41) is 2.38. The van der Waals surface area contributed by atoms with Crippen molar-refractivity contribution in [3.8, 4) is 0 Å². The largest absolute Gasteiger partial charge is 0.355 e. The number of amides is 1. The van der Waals surface area contributed by atoms with Gasteiger partial charge in [-0.3, -0.25) is 4.79 Å². The van der Waals surface area contributed by atoms with Crippen LogP contribution in [0.3, 0.4) is 0 Å². The maximum absolute atomic E-state index is 11.1. The second kappa shape index (κ2) is 4.85. The Bertz CT molecular complexity index is 172. The van der Waals surface area contributed by atoms with Gasteiger partial charge in [-0.25, -0.2) is 0 Å². The van der Waals surface area contributed by atoms with Crippen LogP contribution in [-0.2, 0) is 4.79 Å². The smallest absolute Gasteiger partial charge is 0.237 e. The highest BCUT2D eigenvalue weighted by atomic mass is 35.5. The zero-order valence-electron chi connectivity index (χ0n) is 9.15. The number of hydrogen-bond acceptors (Lipinski definition) is 1. The Balaban J connectivity index is 3.84. The summed E-state index contributed by atoms with van der Waals surface area (Å²) in [6.45, 7) is 11.0. The number of halogens is 1. The van der Waals surface area contributed by atoms with E-state index in [1.54, 1.807) is 6.92 Å². The average molecular weight is 206 g/mol. The predicted molar refractivity (Wildman–Crippen MR) is 56.9 cm³/mol. The topological polar surface area (TPSA) is 29.1 Å². The Morgan fingerprint density at radius 3 is 2.15 bits per heavy atom. The van der Waals surface area contributed by atoms with Crippen LogP contribution in [0, 0.1) is 11.3 Å². The summed E-state index contributed by atoms with van der Waals surface area (Å²) >= 11 is 5.61. The summed E-state index contributed by atoms with van der Waals surface area (Å²) < 4.78 is 0. The van der Waals surface area contributed by atoms with Gasteiger partial charge >= 0.3 is 0 Å². The number of carbonyl (C=O) groups is 1. The first-order chi connectivity index (χ1) is 5.75. The molecular weight excluding hydrogens is 186 g/mol. The molecule has 0 fully saturated rings. The van der Waals surface area contributed by atoms with E-state index in [1.165, 1.54) is 0 Å². The van der Waals surface area contributed by atoms with E-state index in [-0.39, 0.29) is 11.3 Å². The van der Waals surface area contributed by atoms with E-state index >= 15 is 0 Å². The molecule has 2 atom stereocenters. The molecule has 0 heterocycles. The SMILES string of the molecule is CC(Cl)C(=O)NCC(C)C(C)(C)C. The molecule has 1 N–H and O–H groups in total. The van der Waals surface area contributed by atoms with Gasteiger partial charge in [0.15, 0.2) is 0 Å². The molecule has 0 saturated heterocycles. The van der Waals surface area contributed by atoms with Gasteiger partial charge in [0.05, 0.1) is 0 Å². The third-order valence-electron chi connectivity index (χ3n) is 2.42. The molecule has 0 aromatic rings. The minimum atomic E-state index is -0.438. The van der Waals surface area contributed by atoms with Crippen LogP contribution in [0.25, 0.3) is 0 Å². The molecule has 0 saturated carbocycles. The number of carbonyl (C=O) groups excluding carboxylic acids is 1. The van der Waals surface area contributed by atoms with Gasteiger partial charge in [0, 0.05) is 6.54 Å². The first-order valence-electron chi connectivity index (χ1n) is 4.67. The lowest BCUT2D eigenvalue weighted by Gasteiger charge is -2.27. The second-order valence-electron chi connectivity index (χ2n) is 4.63. The summed E-state index contributed by atoms with van der Waals surface area (Å²) in [7, 11) is 0. The molecule has 0 aliphatic heterocycles. The third-order valence-corrected chi connectivity index (χ3v) is 2.62. The predicted octanol–water partition coefficient (Wildman–Crippen LogP) is 2.41. The molecule has 78 valence electrons. The number of nitrogens with one attached hydrogen (secondary N) is 1. The minimum Gasteiger partial charge on any atom is -0.355 e. The first kappa shape index (κ1) is 12.8. The summed E-state index contributed by atoms with van der Waals surface area (Å²) in [6.07, 6.45) is 0. The van der Waals surface area contributed by atoms with Crippen molar-refractivity contribution in [1.29, 1.82) is 0 Å². The van der Waals surface area contributed by atoms with Crippen LogP contribution in [0.1, 0.15) is 34.6 Å². The monoisotopic (exact) mass is 205 g/mol. The van der Waals surface area contributed by atoms with Crippen molar-refractivity contribution in [3.05, 3.63) is 0 Å². The number of rotatable bonds is 3. The highest BCUT2D eigenvalue weighted by Crippen LogP contribution is 2.24. The van der Waals surface area contributed by atoms with Crippen molar-refractivity contribution in [3.63, 3.8) is 0 Å². The van der Waals surface area contributed by atoms with E-state index in [9.17, 15) is 4.79 Å². The van der Waals surface area contributed by atoms with E-state index in [0.29, 0.717) is 12.5 Å². The molecule has 2 unspecified atom stereocenters. The lowest BCUT2D eigenvalue weighted by molar-refractivity contribution is -0.120. The normalized spacial score (nSPS) is 16.5. The summed E-state index contributed by atoms with van der Waals surface area (Å²) in [6, 6.07) is 0. The maximum atomic E-state index is 11.1. The Labute approximate surface area is 86.0 Å².